The van der Waals surface area contributed by atoms with Crippen molar-refractivity contribution in [2.75, 3.05) is 13.6 Å². The minimum atomic E-state index is -0.168. The molecule has 1 aliphatic carbocycles. The second kappa shape index (κ2) is 8.56. The van der Waals surface area contributed by atoms with Gasteiger partial charge in [0, 0.05) is 37.3 Å². The molecule has 0 radical (unpaired) electrons. The molecule has 0 aliphatic heterocycles. The Kier molecular flexibility index (Phi) is 6.72. The maximum absolute atomic E-state index is 11.8. The number of carbonyl (C=O) groups excluding carboxylic acids is 1. The van der Waals surface area contributed by atoms with Crippen molar-refractivity contribution in [2.45, 2.75) is 51.4 Å². The molecular weight excluding hydrogens is 318 g/mol. The summed E-state index contributed by atoms with van der Waals surface area (Å²) >= 11 is 5.76. The SMILES string of the molecule is CNC(=S)[C@@]1(c2cccnc2)CCCC[C@@H]1CCNC(=O)C(C)C. The van der Waals surface area contributed by atoms with Crippen LogP contribution >= 0.6 is 12.2 Å². The number of aromatic nitrogens is 1. The molecule has 1 amide bonds. The van der Waals surface area contributed by atoms with Gasteiger partial charge < -0.3 is 10.6 Å². The van der Waals surface area contributed by atoms with Gasteiger partial charge in [-0.2, -0.15) is 0 Å². The van der Waals surface area contributed by atoms with Crippen molar-refractivity contribution in [2.24, 2.45) is 11.8 Å². The summed E-state index contributed by atoms with van der Waals surface area (Å²) in [6, 6.07) is 4.13. The first kappa shape index (κ1) is 18.8. The molecule has 2 N–H and O–H groups in total. The van der Waals surface area contributed by atoms with Gasteiger partial charge in [0.2, 0.25) is 5.91 Å². The van der Waals surface area contributed by atoms with E-state index in [9.17, 15) is 4.79 Å². The maximum Gasteiger partial charge on any atom is 0.222 e. The number of nitrogens with one attached hydrogen (secondary N) is 2. The van der Waals surface area contributed by atoms with Crippen LogP contribution < -0.4 is 10.6 Å². The molecule has 132 valence electrons. The minimum Gasteiger partial charge on any atom is -0.382 e. The van der Waals surface area contributed by atoms with E-state index in [2.05, 4.69) is 21.7 Å². The number of nitrogens with zero attached hydrogens (tertiary/aromatic N) is 1. The van der Waals surface area contributed by atoms with Crippen LogP contribution in [0.25, 0.3) is 0 Å². The van der Waals surface area contributed by atoms with Gasteiger partial charge in [-0.1, -0.05) is 45.0 Å². The molecule has 0 saturated heterocycles. The van der Waals surface area contributed by atoms with Crippen LogP contribution in [0.3, 0.4) is 0 Å². The van der Waals surface area contributed by atoms with Gasteiger partial charge in [0.25, 0.3) is 0 Å². The molecule has 1 aromatic heterocycles. The van der Waals surface area contributed by atoms with E-state index in [1.807, 2.05) is 33.2 Å². The zero-order valence-corrected chi connectivity index (χ0v) is 15.8. The molecule has 1 heterocycles. The van der Waals surface area contributed by atoms with E-state index in [0.717, 1.165) is 24.3 Å². The predicted molar refractivity (Wildman–Crippen MR) is 102 cm³/mol. The molecule has 2 rings (SSSR count). The van der Waals surface area contributed by atoms with Gasteiger partial charge in [0.05, 0.1) is 4.99 Å². The second-order valence-corrected chi connectivity index (χ2v) is 7.38. The van der Waals surface area contributed by atoms with Crippen LogP contribution in [0, 0.1) is 11.8 Å². The summed E-state index contributed by atoms with van der Waals surface area (Å²) in [4.78, 5) is 17.1. The standard InChI is InChI=1S/C19H29N3OS/c1-14(2)17(23)22-12-9-15-7-4-5-10-19(15,18(24)20-3)16-8-6-11-21-13-16/h6,8,11,13-15H,4-5,7,9-10,12H2,1-3H3,(H,20,24)(H,22,23)/t15-,19+/m1/s1. The lowest BCUT2D eigenvalue weighted by Gasteiger charge is -2.45. The summed E-state index contributed by atoms with van der Waals surface area (Å²) < 4.78 is 0. The first-order valence-electron chi connectivity index (χ1n) is 8.92. The zero-order chi connectivity index (χ0) is 17.6. The Hall–Kier alpha value is -1.49. The Morgan fingerprint density at radius 2 is 2.25 bits per heavy atom. The summed E-state index contributed by atoms with van der Waals surface area (Å²) in [5.74, 6) is 0.565. The lowest BCUT2D eigenvalue weighted by atomic mass is 9.61. The number of pyridine rings is 1. The highest BCUT2D eigenvalue weighted by atomic mass is 32.1. The second-order valence-electron chi connectivity index (χ2n) is 6.97. The van der Waals surface area contributed by atoms with Crippen LogP contribution in [0.2, 0.25) is 0 Å². The predicted octanol–water partition coefficient (Wildman–Crippen LogP) is 3.22. The van der Waals surface area contributed by atoms with Crippen molar-refractivity contribution < 1.29 is 4.79 Å². The Labute approximate surface area is 150 Å². The van der Waals surface area contributed by atoms with Crippen molar-refractivity contribution in [3.63, 3.8) is 0 Å². The molecule has 1 aliphatic rings. The number of hydrogen-bond donors (Lipinski definition) is 2. The highest BCUT2D eigenvalue weighted by Gasteiger charge is 2.45. The Morgan fingerprint density at radius 1 is 1.46 bits per heavy atom. The molecule has 1 aromatic rings. The van der Waals surface area contributed by atoms with E-state index in [1.165, 1.54) is 18.4 Å². The normalized spacial score (nSPS) is 23.8. The molecular formula is C19H29N3OS. The van der Waals surface area contributed by atoms with E-state index in [1.54, 1.807) is 6.20 Å². The lowest BCUT2D eigenvalue weighted by Crippen LogP contribution is -2.50. The Balaban J connectivity index is 2.22. The fourth-order valence-electron chi connectivity index (χ4n) is 3.87. The van der Waals surface area contributed by atoms with Crippen molar-refractivity contribution >= 4 is 23.1 Å². The average Bonchev–Trinajstić information content (AvgIpc) is 2.62. The Morgan fingerprint density at radius 3 is 2.88 bits per heavy atom. The fraction of sp³-hybridized carbons (Fsp3) is 0.632. The molecule has 1 fully saturated rings. The maximum atomic E-state index is 11.8. The van der Waals surface area contributed by atoms with Crippen molar-refractivity contribution in [3.8, 4) is 0 Å². The summed E-state index contributed by atoms with van der Waals surface area (Å²) in [5, 5.41) is 6.30. The van der Waals surface area contributed by atoms with E-state index < -0.39 is 0 Å². The van der Waals surface area contributed by atoms with E-state index in [-0.39, 0.29) is 17.2 Å². The number of thiocarbonyl (C=S) groups is 1. The van der Waals surface area contributed by atoms with E-state index in [4.69, 9.17) is 12.2 Å². The third-order valence-electron chi connectivity index (χ3n) is 5.20. The van der Waals surface area contributed by atoms with Crippen LogP contribution in [0.15, 0.2) is 24.5 Å². The smallest absolute Gasteiger partial charge is 0.222 e. The molecule has 1 saturated carbocycles. The first-order chi connectivity index (χ1) is 11.5. The molecule has 24 heavy (non-hydrogen) atoms. The summed E-state index contributed by atoms with van der Waals surface area (Å²) in [7, 11) is 1.91. The van der Waals surface area contributed by atoms with Gasteiger partial charge in [0.15, 0.2) is 0 Å². The van der Waals surface area contributed by atoms with Crippen molar-refractivity contribution in [3.05, 3.63) is 30.1 Å². The topological polar surface area (TPSA) is 54.0 Å². The average molecular weight is 348 g/mol. The van der Waals surface area contributed by atoms with Crippen molar-refractivity contribution in [1.29, 1.82) is 0 Å². The van der Waals surface area contributed by atoms with Gasteiger partial charge in [0.1, 0.15) is 0 Å². The van der Waals surface area contributed by atoms with E-state index >= 15 is 0 Å². The fourth-order valence-corrected chi connectivity index (χ4v) is 4.26. The van der Waals surface area contributed by atoms with Gasteiger partial charge in [-0.25, -0.2) is 0 Å². The summed E-state index contributed by atoms with van der Waals surface area (Å²) in [5.41, 5.74) is 1.03. The number of likely N-dealkylation sites (N-methyl/N-ethyl adjacent to an activating group) is 1. The van der Waals surface area contributed by atoms with Crippen LogP contribution in [-0.2, 0) is 10.2 Å². The van der Waals surface area contributed by atoms with Crippen LogP contribution in [-0.4, -0.2) is 29.5 Å². The molecule has 0 bridgehead atoms. The quantitative estimate of drug-likeness (QED) is 0.776. The third-order valence-corrected chi connectivity index (χ3v) is 5.76. The molecule has 5 heteroatoms. The minimum absolute atomic E-state index is 0.0258. The molecule has 0 aromatic carbocycles. The van der Waals surface area contributed by atoms with Gasteiger partial charge in [-0.05, 0) is 36.8 Å². The highest BCUT2D eigenvalue weighted by molar-refractivity contribution is 7.80. The lowest BCUT2D eigenvalue weighted by molar-refractivity contribution is -0.124. The number of rotatable bonds is 6. The third kappa shape index (κ3) is 3.94. The number of amides is 1. The number of carbonyl (C=O) groups is 1. The summed E-state index contributed by atoms with van der Waals surface area (Å²) in [6.07, 6.45) is 9.27. The number of hydrogen-bond acceptors (Lipinski definition) is 3. The first-order valence-corrected chi connectivity index (χ1v) is 9.33. The Bertz CT molecular complexity index is 561. The zero-order valence-electron chi connectivity index (χ0n) is 15.0. The van der Waals surface area contributed by atoms with Gasteiger partial charge in [-0.15, -0.1) is 0 Å². The summed E-state index contributed by atoms with van der Waals surface area (Å²) in [6.45, 7) is 4.55. The molecule has 0 spiro atoms. The van der Waals surface area contributed by atoms with E-state index in [0.29, 0.717) is 12.5 Å². The largest absolute Gasteiger partial charge is 0.382 e. The van der Waals surface area contributed by atoms with Crippen LogP contribution in [0.1, 0.15) is 51.5 Å². The van der Waals surface area contributed by atoms with Crippen LogP contribution in [0.5, 0.6) is 0 Å². The highest BCUT2D eigenvalue weighted by Crippen LogP contribution is 2.45. The van der Waals surface area contributed by atoms with Crippen LogP contribution in [0.4, 0.5) is 0 Å². The van der Waals surface area contributed by atoms with Crippen molar-refractivity contribution in [1.82, 2.24) is 15.6 Å². The molecule has 2 atom stereocenters. The molecule has 4 nitrogen and oxygen atoms in total. The van der Waals surface area contributed by atoms with Gasteiger partial charge >= 0.3 is 0 Å². The van der Waals surface area contributed by atoms with Gasteiger partial charge in [-0.3, -0.25) is 9.78 Å². The monoisotopic (exact) mass is 347 g/mol. The molecule has 0 unspecified atom stereocenters.